The molecule has 0 radical (unpaired) electrons. The number of carbonyl (C=O) groups is 2. The summed E-state index contributed by atoms with van der Waals surface area (Å²) in [5.74, 6) is -1.41. The average molecular weight is 397 g/mol. The van der Waals surface area contributed by atoms with Gasteiger partial charge in [-0.15, -0.1) is 0 Å². The summed E-state index contributed by atoms with van der Waals surface area (Å²) in [5.41, 5.74) is -0.444. The number of hydrogen-bond donors (Lipinski definition) is 2. The van der Waals surface area contributed by atoms with Crippen molar-refractivity contribution in [2.24, 2.45) is 0 Å². The molecule has 27 heavy (non-hydrogen) atoms. The highest BCUT2D eigenvalue weighted by Crippen LogP contribution is 2.21. The van der Waals surface area contributed by atoms with Crippen molar-refractivity contribution in [3.63, 3.8) is 0 Å². The number of carboxylic acids is 1. The van der Waals surface area contributed by atoms with Crippen LogP contribution in [0.15, 0.2) is 29.2 Å². The van der Waals surface area contributed by atoms with Crippen LogP contribution in [-0.4, -0.2) is 48.3 Å². The van der Waals surface area contributed by atoms with Crippen LogP contribution < -0.4 is 5.32 Å². The number of nitrogens with zero attached hydrogens (tertiary/aromatic N) is 1. The van der Waals surface area contributed by atoms with Crippen molar-refractivity contribution >= 4 is 21.9 Å². The fraction of sp³-hybridized carbons (Fsp3) is 0.579. The number of aryl methyl sites for hydroxylation is 1. The summed E-state index contributed by atoms with van der Waals surface area (Å²) in [6.07, 6.45) is 3.68. The third-order valence-electron chi connectivity index (χ3n) is 5.11. The zero-order valence-electron chi connectivity index (χ0n) is 15.9. The second kappa shape index (κ2) is 8.84. The second-order valence-corrected chi connectivity index (χ2v) is 9.09. The maximum absolute atomic E-state index is 12.6. The fourth-order valence-electron chi connectivity index (χ4n) is 3.00. The van der Waals surface area contributed by atoms with Crippen LogP contribution in [0.1, 0.15) is 51.5 Å². The highest BCUT2D eigenvalue weighted by Gasteiger charge is 2.32. The monoisotopic (exact) mass is 396 g/mol. The van der Waals surface area contributed by atoms with Crippen LogP contribution in [0.3, 0.4) is 0 Å². The number of carboxylic acid groups (broad SMARTS) is 1. The summed E-state index contributed by atoms with van der Waals surface area (Å²) < 4.78 is 26.8. The van der Waals surface area contributed by atoms with Crippen molar-refractivity contribution in [3.05, 3.63) is 29.8 Å². The van der Waals surface area contributed by atoms with E-state index in [1.54, 1.807) is 31.2 Å². The summed E-state index contributed by atoms with van der Waals surface area (Å²) in [5, 5.41) is 11.8. The molecule has 1 heterocycles. The van der Waals surface area contributed by atoms with Crippen LogP contribution >= 0.6 is 0 Å². The Morgan fingerprint density at radius 2 is 1.74 bits per heavy atom. The smallest absolute Gasteiger partial charge is 0.329 e. The van der Waals surface area contributed by atoms with Gasteiger partial charge in [0.1, 0.15) is 5.54 Å². The molecule has 2 rings (SSSR count). The van der Waals surface area contributed by atoms with Gasteiger partial charge < -0.3 is 10.4 Å². The fourth-order valence-corrected chi connectivity index (χ4v) is 4.52. The van der Waals surface area contributed by atoms with Gasteiger partial charge in [0.05, 0.1) is 4.90 Å². The largest absolute Gasteiger partial charge is 0.480 e. The number of benzene rings is 1. The number of amides is 1. The molecule has 1 aliphatic rings. The number of piperidine rings is 1. The molecule has 1 atom stereocenters. The third kappa shape index (κ3) is 5.29. The number of aliphatic carboxylic acids is 1. The van der Waals surface area contributed by atoms with Gasteiger partial charge in [0.2, 0.25) is 15.9 Å². The van der Waals surface area contributed by atoms with Gasteiger partial charge in [-0.2, -0.15) is 4.31 Å². The Labute approximate surface area is 160 Å². The first-order chi connectivity index (χ1) is 12.7. The highest BCUT2D eigenvalue weighted by molar-refractivity contribution is 7.89. The Morgan fingerprint density at radius 3 is 2.26 bits per heavy atom. The maximum atomic E-state index is 12.6. The second-order valence-electron chi connectivity index (χ2n) is 7.15. The molecule has 0 spiro atoms. The van der Waals surface area contributed by atoms with Crippen LogP contribution in [0.4, 0.5) is 0 Å². The van der Waals surface area contributed by atoms with Gasteiger partial charge >= 0.3 is 5.97 Å². The molecule has 7 nitrogen and oxygen atoms in total. The molecule has 0 aromatic heterocycles. The Morgan fingerprint density at radius 1 is 1.15 bits per heavy atom. The molecule has 1 amide bonds. The summed E-state index contributed by atoms with van der Waals surface area (Å²) in [7, 11) is -3.46. The molecule has 0 aliphatic carbocycles. The Balaban J connectivity index is 1.95. The third-order valence-corrected chi connectivity index (χ3v) is 7.02. The maximum Gasteiger partial charge on any atom is 0.329 e. The molecule has 2 N–H and O–H groups in total. The van der Waals surface area contributed by atoms with Gasteiger partial charge in [-0.25, -0.2) is 13.2 Å². The minimum absolute atomic E-state index is 0.140. The molecule has 1 saturated heterocycles. The van der Waals surface area contributed by atoms with Gasteiger partial charge in [-0.05, 0) is 50.3 Å². The van der Waals surface area contributed by atoms with E-state index in [2.05, 4.69) is 5.32 Å². The molecule has 1 aromatic rings. The van der Waals surface area contributed by atoms with E-state index in [-0.39, 0.29) is 23.6 Å². The number of rotatable bonds is 8. The van der Waals surface area contributed by atoms with E-state index in [1.165, 1.54) is 11.2 Å². The van der Waals surface area contributed by atoms with E-state index < -0.39 is 21.5 Å². The van der Waals surface area contributed by atoms with Gasteiger partial charge in [0, 0.05) is 19.5 Å². The normalized spacial score (nSPS) is 17.9. The molecule has 0 bridgehead atoms. The lowest BCUT2D eigenvalue weighted by molar-refractivity contribution is -0.147. The van der Waals surface area contributed by atoms with E-state index in [0.717, 1.165) is 24.8 Å². The van der Waals surface area contributed by atoms with Crippen LogP contribution in [0, 0.1) is 0 Å². The molecule has 1 aromatic carbocycles. The topological polar surface area (TPSA) is 104 Å². The Kier molecular flexibility index (Phi) is 7.00. The van der Waals surface area contributed by atoms with Crippen molar-refractivity contribution in [1.82, 2.24) is 9.62 Å². The Bertz CT molecular complexity index is 770. The highest BCUT2D eigenvalue weighted by atomic mass is 32.2. The lowest BCUT2D eigenvalue weighted by atomic mass is 9.98. The van der Waals surface area contributed by atoms with Crippen molar-refractivity contribution in [1.29, 1.82) is 0 Å². The van der Waals surface area contributed by atoms with E-state index in [0.29, 0.717) is 19.5 Å². The summed E-state index contributed by atoms with van der Waals surface area (Å²) in [6.45, 7) is 4.30. The molecule has 1 fully saturated rings. The molecule has 1 unspecified atom stereocenters. The van der Waals surface area contributed by atoms with Gasteiger partial charge in [0.15, 0.2) is 0 Å². The predicted molar refractivity (Wildman–Crippen MR) is 102 cm³/mol. The average Bonchev–Trinajstić information content (AvgIpc) is 2.67. The van der Waals surface area contributed by atoms with Crippen LogP contribution in [0.5, 0.6) is 0 Å². The SMILES string of the molecule is CCC(C)(NC(=O)CCc1ccc(S(=O)(=O)N2CCCCC2)cc1)C(=O)O. The standard InChI is InChI=1S/C19H28N2O5S/c1-3-19(2,18(23)24)20-17(22)12-9-15-7-10-16(11-8-15)27(25,26)21-13-5-4-6-14-21/h7-8,10-11H,3-6,9,12-14H2,1-2H3,(H,20,22)(H,23,24). The minimum Gasteiger partial charge on any atom is -0.480 e. The molecular formula is C19H28N2O5S. The number of sulfonamides is 1. The first-order valence-electron chi connectivity index (χ1n) is 9.32. The van der Waals surface area contributed by atoms with Crippen LogP contribution in [0.25, 0.3) is 0 Å². The van der Waals surface area contributed by atoms with Crippen molar-refractivity contribution in [2.45, 2.75) is 62.8 Å². The lowest BCUT2D eigenvalue weighted by Gasteiger charge is -2.26. The zero-order chi connectivity index (χ0) is 20.1. The molecule has 8 heteroatoms. The van der Waals surface area contributed by atoms with Gasteiger partial charge in [-0.1, -0.05) is 25.5 Å². The minimum atomic E-state index is -3.46. The quantitative estimate of drug-likeness (QED) is 0.701. The van der Waals surface area contributed by atoms with E-state index in [4.69, 9.17) is 0 Å². The first kappa shape index (κ1) is 21.4. The number of carbonyl (C=O) groups excluding carboxylic acids is 1. The molecule has 1 aliphatic heterocycles. The van der Waals surface area contributed by atoms with Gasteiger partial charge in [-0.3, -0.25) is 4.79 Å². The van der Waals surface area contributed by atoms with Crippen molar-refractivity contribution in [3.8, 4) is 0 Å². The number of nitrogens with one attached hydrogen (secondary N) is 1. The van der Waals surface area contributed by atoms with Crippen molar-refractivity contribution < 1.29 is 23.1 Å². The van der Waals surface area contributed by atoms with Gasteiger partial charge in [0.25, 0.3) is 0 Å². The Hall–Kier alpha value is -1.93. The first-order valence-corrected chi connectivity index (χ1v) is 10.8. The van der Waals surface area contributed by atoms with E-state index in [9.17, 15) is 23.1 Å². The molecular weight excluding hydrogens is 368 g/mol. The summed E-state index contributed by atoms with van der Waals surface area (Å²) in [6, 6.07) is 6.57. The van der Waals surface area contributed by atoms with Crippen LogP contribution in [-0.2, 0) is 26.0 Å². The molecule has 150 valence electrons. The summed E-state index contributed by atoms with van der Waals surface area (Å²) >= 11 is 0. The predicted octanol–water partition coefficient (Wildman–Crippen LogP) is 2.16. The number of hydrogen-bond acceptors (Lipinski definition) is 4. The van der Waals surface area contributed by atoms with E-state index in [1.807, 2.05) is 0 Å². The zero-order valence-corrected chi connectivity index (χ0v) is 16.7. The summed E-state index contributed by atoms with van der Waals surface area (Å²) in [4.78, 5) is 23.6. The lowest BCUT2D eigenvalue weighted by Crippen LogP contribution is -2.51. The van der Waals surface area contributed by atoms with E-state index >= 15 is 0 Å². The molecule has 0 saturated carbocycles. The van der Waals surface area contributed by atoms with Crippen molar-refractivity contribution in [2.75, 3.05) is 13.1 Å². The van der Waals surface area contributed by atoms with Crippen LogP contribution in [0.2, 0.25) is 0 Å².